The molecule has 0 fully saturated rings. The third kappa shape index (κ3) is 8.05. The van der Waals surface area contributed by atoms with E-state index < -0.39 is 5.56 Å². The van der Waals surface area contributed by atoms with Crippen molar-refractivity contribution in [3.63, 3.8) is 0 Å². The van der Waals surface area contributed by atoms with Gasteiger partial charge in [-0.05, 0) is 26.2 Å². The maximum absolute atomic E-state index is 10.8. The second-order valence-electron chi connectivity index (χ2n) is 3.20. The Morgan fingerprint density at radius 2 is 2.00 bits per heavy atom. The summed E-state index contributed by atoms with van der Waals surface area (Å²) in [6.45, 7) is 3.29. The lowest BCUT2D eigenvalue weighted by Crippen LogP contribution is -2.11. The highest BCUT2D eigenvalue weighted by Crippen LogP contribution is 2.11. The van der Waals surface area contributed by atoms with E-state index in [4.69, 9.17) is 16.3 Å². The van der Waals surface area contributed by atoms with E-state index in [9.17, 15) is 9.59 Å². The van der Waals surface area contributed by atoms with E-state index in [0.29, 0.717) is 19.3 Å². The van der Waals surface area contributed by atoms with Crippen LogP contribution in [0.2, 0.25) is 0 Å². The Morgan fingerprint density at radius 1 is 1.36 bits per heavy atom. The van der Waals surface area contributed by atoms with Crippen LogP contribution in [0.1, 0.15) is 46.0 Å². The predicted molar refractivity (Wildman–Crippen MR) is 55.2 cm³/mol. The van der Waals surface area contributed by atoms with Gasteiger partial charge in [0.25, 0.3) is 0 Å². The molecule has 0 N–H and O–H groups in total. The van der Waals surface area contributed by atoms with Gasteiger partial charge in [-0.25, -0.2) is 0 Å². The fourth-order valence-corrected chi connectivity index (χ4v) is 1.22. The van der Waals surface area contributed by atoms with Crippen LogP contribution in [-0.4, -0.2) is 17.3 Å². The van der Waals surface area contributed by atoms with Gasteiger partial charge in [0, 0.05) is 12.8 Å². The standard InChI is InChI=1S/C10H17ClO3/c1-3-10(13)14-9(11)7-5-4-6-8(2)12/h9H,3-7H2,1-2H3. The average molecular weight is 221 g/mol. The molecule has 14 heavy (non-hydrogen) atoms. The van der Waals surface area contributed by atoms with Crippen LogP contribution in [0.3, 0.4) is 0 Å². The molecule has 0 spiro atoms. The Labute approximate surface area is 89.8 Å². The molecule has 3 nitrogen and oxygen atoms in total. The van der Waals surface area contributed by atoms with Crippen molar-refractivity contribution in [2.75, 3.05) is 0 Å². The van der Waals surface area contributed by atoms with Gasteiger partial charge >= 0.3 is 5.97 Å². The maximum atomic E-state index is 10.8. The van der Waals surface area contributed by atoms with Crippen LogP contribution in [0.15, 0.2) is 0 Å². The molecule has 0 amide bonds. The monoisotopic (exact) mass is 220 g/mol. The molecule has 1 atom stereocenters. The fraction of sp³-hybridized carbons (Fsp3) is 0.800. The van der Waals surface area contributed by atoms with Crippen molar-refractivity contribution in [1.29, 1.82) is 0 Å². The van der Waals surface area contributed by atoms with E-state index in [1.165, 1.54) is 0 Å². The van der Waals surface area contributed by atoms with Crippen LogP contribution < -0.4 is 0 Å². The molecule has 0 saturated heterocycles. The third-order valence-corrected chi connectivity index (χ3v) is 2.07. The lowest BCUT2D eigenvalue weighted by molar-refractivity contribution is -0.145. The van der Waals surface area contributed by atoms with Gasteiger partial charge in [0.2, 0.25) is 0 Å². The van der Waals surface area contributed by atoms with Crippen molar-refractivity contribution in [3.05, 3.63) is 0 Å². The number of unbranched alkanes of at least 4 members (excludes halogenated alkanes) is 1. The quantitative estimate of drug-likeness (QED) is 0.376. The highest BCUT2D eigenvalue weighted by Gasteiger charge is 2.08. The zero-order chi connectivity index (χ0) is 11.0. The zero-order valence-electron chi connectivity index (χ0n) is 8.72. The van der Waals surface area contributed by atoms with E-state index in [2.05, 4.69) is 0 Å². The van der Waals surface area contributed by atoms with Crippen molar-refractivity contribution in [2.24, 2.45) is 0 Å². The molecule has 0 rings (SSSR count). The highest BCUT2D eigenvalue weighted by molar-refractivity contribution is 6.20. The summed E-state index contributed by atoms with van der Waals surface area (Å²) in [5, 5.41) is 0. The second kappa shape index (κ2) is 7.80. The van der Waals surface area contributed by atoms with Gasteiger partial charge in [0.15, 0.2) is 5.56 Å². The summed E-state index contributed by atoms with van der Waals surface area (Å²) in [5.41, 5.74) is -0.547. The van der Waals surface area contributed by atoms with Gasteiger partial charge in [-0.1, -0.05) is 18.5 Å². The Morgan fingerprint density at radius 3 is 2.50 bits per heavy atom. The van der Waals surface area contributed by atoms with Crippen molar-refractivity contribution >= 4 is 23.4 Å². The zero-order valence-corrected chi connectivity index (χ0v) is 9.47. The number of Topliss-reactive ketones (excluding diaryl/α,β-unsaturated/α-hetero) is 1. The summed E-state index contributed by atoms with van der Waals surface area (Å²) < 4.78 is 4.85. The summed E-state index contributed by atoms with van der Waals surface area (Å²) in [6, 6.07) is 0. The molecule has 0 aliphatic carbocycles. The SMILES string of the molecule is CCC(=O)OC(Cl)CCCCC(C)=O. The molecule has 0 radical (unpaired) electrons. The first kappa shape index (κ1) is 13.4. The smallest absolute Gasteiger partial charge is 0.306 e. The van der Waals surface area contributed by atoms with Crippen LogP contribution in [0.5, 0.6) is 0 Å². The number of halogens is 1. The van der Waals surface area contributed by atoms with Crippen molar-refractivity contribution < 1.29 is 14.3 Å². The predicted octanol–water partition coefficient (Wildman–Crippen LogP) is 2.65. The molecular weight excluding hydrogens is 204 g/mol. The summed E-state index contributed by atoms with van der Waals surface area (Å²) in [5.74, 6) is -0.0988. The maximum Gasteiger partial charge on any atom is 0.306 e. The van der Waals surface area contributed by atoms with Crippen molar-refractivity contribution in [2.45, 2.75) is 51.5 Å². The molecule has 0 aromatic carbocycles. The molecule has 4 heteroatoms. The number of esters is 1. The molecule has 82 valence electrons. The molecule has 0 aromatic heterocycles. The molecule has 0 bridgehead atoms. The molecule has 0 aliphatic rings. The normalized spacial score (nSPS) is 12.2. The molecule has 0 aromatic rings. The largest absolute Gasteiger partial charge is 0.446 e. The first-order chi connectivity index (χ1) is 6.56. The highest BCUT2D eigenvalue weighted by atomic mass is 35.5. The number of carbonyl (C=O) groups is 2. The van der Waals surface area contributed by atoms with Gasteiger partial charge in [0.05, 0.1) is 0 Å². The van der Waals surface area contributed by atoms with E-state index in [-0.39, 0.29) is 11.8 Å². The van der Waals surface area contributed by atoms with Crippen LogP contribution in [0.4, 0.5) is 0 Å². The number of ether oxygens (including phenoxy) is 1. The van der Waals surface area contributed by atoms with E-state index in [0.717, 1.165) is 12.8 Å². The summed E-state index contributed by atoms with van der Waals surface area (Å²) in [4.78, 5) is 21.4. The van der Waals surface area contributed by atoms with Crippen LogP contribution in [0.25, 0.3) is 0 Å². The first-order valence-electron chi connectivity index (χ1n) is 4.89. The number of ketones is 1. The topological polar surface area (TPSA) is 43.4 Å². The lowest BCUT2D eigenvalue weighted by Gasteiger charge is -2.09. The van der Waals surface area contributed by atoms with Gasteiger partial charge in [-0.3, -0.25) is 4.79 Å². The Bertz CT molecular complexity index is 192. The van der Waals surface area contributed by atoms with Crippen LogP contribution in [0, 0.1) is 0 Å². The minimum Gasteiger partial charge on any atom is -0.446 e. The summed E-state index contributed by atoms with van der Waals surface area (Å²) in [6.07, 6.45) is 3.15. The third-order valence-electron chi connectivity index (χ3n) is 1.76. The fourth-order valence-electron chi connectivity index (χ4n) is 0.964. The van der Waals surface area contributed by atoms with E-state index in [1.54, 1.807) is 13.8 Å². The number of hydrogen-bond acceptors (Lipinski definition) is 3. The number of carbonyl (C=O) groups excluding carboxylic acids is 2. The van der Waals surface area contributed by atoms with Gasteiger partial charge < -0.3 is 9.53 Å². The van der Waals surface area contributed by atoms with Gasteiger partial charge in [0.1, 0.15) is 5.78 Å². The second-order valence-corrected chi connectivity index (χ2v) is 3.69. The Hall–Kier alpha value is -0.570. The Kier molecular flexibility index (Phi) is 7.48. The van der Waals surface area contributed by atoms with E-state index >= 15 is 0 Å². The number of hydrogen-bond donors (Lipinski definition) is 0. The van der Waals surface area contributed by atoms with Gasteiger partial charge in [-0.15, -0.1) is 0 Å². The molecule has 0 aliphatic heterocycles. The summed E-state index contributed by atoms with van der Waals surface area (Å²) >= 11 is 5.74. The number of alkyl halides is 1. The lowest BCUT2D eigenvalue weighted by atomic mass is 10.1. The molecule has 1 unspecified atom stereocenters. The molecule has 0 saturated carbocycles. The molecular formula is C10H17ClO3. The molecule has 0 heterocycles. The van der Waals surface area contributed by atoms with E-state index in [1.807, 2.05) is 0 Å². The minimum absolute atomic E-state index is 0.182. The van der Waals surface area contributed by atoms with Crippen LogP contribution >= 0.6 is 11.6 Å². The Balaban J connectivity index is 3.39. The summed E-state index contributed by atoms with van der Waals surface area (Å²) in [7, 11) is 0. The minimum atomic E-state index is -0.547. The first-order valence-corrected chi connectivity index (χ1v) is 5.33. The average Bonchev–Trinajstić information content (AvgIpc) is 2.12. The van der Waals surface area contributed by atoms with Gasteiger partial charge in [-0.2, -0.15) is 0 Å². The van der Waals surface area contributed by atoms with Crippen molar-refractivity contribution in [1.82, 2.24) is 0 Å². The van der Waals surface area contributed by atoms with Crippen LogP contribution in [-0.2, 0) is 14.3 Å². The number of rotatable bonds is 7. The van der Waals surface area contributed by atoms with Crippen molar-refractivity contribution in [3.8, 4) is 0 Å².